The normalized spacial score (nSPS) is 10.8. The fourth-order valence-electron chi connectivity index (χ4n) is 2.25. The molecule has 5 heteroatoms. The van der Waals surface area contributed by atoms with Gasteiger partial charge in [0.25, 0.3) is 0 Å². The highest BCUT2D eigenvalue weighted by molar-refractivity contribution is 5.65. The molecule has 0 spiro atoms. The Morgan fingerprint density at radius 1 is 0.826 bits per heavy atom. The van der Waals surface area contributed by atoms with Gasteiger partial charge in [-0.25, -0.2) is 17.6 Å². The highest BCUT2D eigenvalue weighted by Crippen LogP contribution is 2.28. The maximum atomic E-state index is 14.1. The molecular weight excluding hydrogens is 308 g/mol. The highest BCUT2D eigenvalue weighted by Gasteiger charge is 2.14. The highest BCUT2D eigenvalue weighted by atomic mass is 19.2. The number of unbranched alkanes of at least 4 members (excludes halogenated alkanes) is 3. The first-order valence-corrected chi connectivity index (χ1v) is 7.60. The van der Waals surface area contributed by atoms with Crippen LogP contribution in [0.15, 0.2) is 30.3 Å². The quantitative estimate of drug-likeness (QED) is 0.351. The molecule has 0 aliphatic rings. The molecule has 124 valence electrons. The van der Waals surface area contributed by atoms with Crippen LogP contribution in [0.4, 0.5) is 17.6 Å². The van der Waals surface area contributed by atoms with Gasteiger partial charge in [0.1, 0.15) is 11.6 Å². The van der Waals surface area contributed by atoms with E-state index in [1.54, 1.807) is 0 Å². The maximum Gasteiger partial charge on any atom is 0.194 e. The fourth-order valence-corrected chi connectivity index (χ4v) is 2.25. The van der Waals surface area contributed by atoms with E-state index in [2.05, 4.69) is 6.92 Å². The van der Waals surface area contributed by atoms with Gasteiger partial charge in [0.15, 0.2) is 17.5 Å². The van der Waals surface area contributed by atoms with Crippen LogP contribution in [0.5, 0.6) is 5.75 Å². The topological polar surface area (TPSA) is 9.23 Å². The third-order valence-electron chi connectivity index (χ3n) is 3.50. The van der Waals surface area contributed by atoms with E-state index in [1.165, 1.54) is 12.1 Å². The van der Waals surface area contributed by atoms with Gasteiger partial charge in [0, 0.05) is 11.6 Å². The second-order valence-corrected chi connectivity index (χ2v) is 5.30. The molecule has 0 atom stereocenters. The molecule has 2 aromatic rings. The minimum Gasteiger partial charge on any atom is -0.493 e. The molecule has 0 amide bonds. The third-order valence-corrected chi connectivity index (χ3v) is 3.50. The first-order valence-electron chi connectivity index (χ1n) is 7.60. The lowest BCUT2D eigenvalue weighted by Gasteiger charge is -2.09. The number of hydrogen-bond donors (Lipinski definition) is 0. The van der Waals surface area contributed by atoms with Gasteiger partial charge in [-0.1, -0.05) is 26.2 Å². The number of halogens is 4. The number of hydrogen-bond acceptors (Lipinski definition) is 1. The average molecular weight is 326 g/mol. The van der Waals surface area contributed by atoms with Gasteiger partial charge in [0.05, 0.1) is 6.61 Å². The SMILES string of the molecule is CCCCCCOc1ccc(-c2cc(F)c(F)c(F)c2)c(F)c1. The van der Waals surface area contributed by atoms with Crippen LogP contribution >= 0.6 is 0 Å². The van der Waals surface area contributed by atoms with Crippen molar-refractivity contribution in [3.05, 3.63) is 53.6 Å². The van der Waals surface area contributed by atoms with Gasteiger partial charge < -0.3 is 4.74 Å². The van der Waals surface area contributed by atoms with Crippen LogP contribution < -0.4 is 4.74 Å². The average Bonchev–Trinajstić information content (AvgIpc) is 2.52. The molecule has 23 heavy (non-hydrogen) atoms. The van der Waals surface area contributed by atoms with Crippen LogP contribution in [0.25, 0.3) is 11.1 Å². The van der Waals surface area contributed by atoms with E-state index in [4.69, 9.17) is 4.74 Å². The van der Waals surface area contributed by atoms with E-state index in [-0.39, 0.29) is 11.1 Å². The molecular formula is C18H18F4O. The summed E-state index contributed by atoms with van der Waals surface area (Å²) in [7, 11) is 0. The molecule has 0 saturated carbocycles. The Bertz CT molecular complexity index is 647. The molecule has 0 aliphatic carbocycles. The molecule has 2 aromatic carbocycles. The van der Waals surface area contributed by atoms with Gasteiger partial charge in [-0.2, -0.15) is 0 Å². The fraction of sp³-hybridized carbons (Fsp3) is 0.333. The van der Waals surface area contributed by atoms with Crippen molar-refractivity contribution in [3.8, 4) is 16.9 Å². The zero-order valence-electron chi connectivity index (χ0n) is 12.8. The summed E-state index contributed by atoms with van der Waals surface area (Å²) in [4.78, 5) is 0. The molecule has 1 nitrogen and oxygen atoms in total. The van der Waals surface area contributed by atoms with Crippen molar-refractivity contribution >= 4 is 0 Å². The smallest absolute Gasteiger partial charge is 0.194 e. The van der Waals surface area contributed by atoms with E-state index < -0.39 is 23.3 Å². The lowest BCUT2D eigenvalue weighted by atomic mass is 10.0. The second-order valence-electron chi connectivity index (χ2n) is 5.30. The van der Waals surface area contributed by atoms with Crippen LogP contribution in [0.1, 0.15) is 32.6 Å². The van der Waals surface area contributed by atoms with E-state index in [1.807, 2.05) is 0 Å². The molecule has 0 unspecified atom stereocenters. The van der Waals surface area contributed by atoms with Crippen molar-refractivity contribution in [3.63, 3.8) is 0 Å². The summed E-state index contributed by atoms with van der Waals surface area (Å²) in [6.07, 6.45) is 4.17. The van der Waals surface area contributed by atoms with Crippen molar-refractivity contribution in [1.82, 2.24) is 0 Å². The minimum atomic E-state index is -1.57. The Morgan fingerprint density at radius 2 is 1.52 bits per heavy atom. The first kappa shape index (κ1) is 17.3. The van der Waals surface area contributed by atoms with Crippen LogP contribution in [-0.2, 0) is 0 Å². The number of ether oxygens (including phenoxy) is 1. The third kappa shape index (κ3) is 4.47. The molecule has 0 saturated heterocycles. The minimum absolute atomic E-state index is 0.0128. The Morgan fingerprint density at radius 3 is 2.13 bits per heavy atom. The summed E-state index contributed by atoms with van der Waals surface area (Å²) in [5, 5.41) is 0. The van der Waals surface area contributed by atoms with E-state index >= 15 is 0 Å². The van der Waals surface area contributed by atoms with Crippen molar-refractivity contribution in [2.75, 3.05) is 6.61 Å². The van der Waals surface area contributed by atoms with Gasteiger partial charge in [-0.05, 0) is 36.2 Å². The Kier molecular flexibility index (Phi) is 6.02. The van der Waals surface area contributed by atoms with Crippen molar-refractivity contribution < 1.29 is 22.3 Å². The molecule has 0 N–H and O–H groups in total. The molecule has 0 fully saturated rings. The molecule has 0 aliphatic heterocycles. The van der Waals surface area contributed by atoms with E-state index in [0.717, 1.165) is 43.9 Å². The van der Waals surface area contributed by atoms with E-state index in [9.17, 15) is 17.6 Å². The molecule has 2 rings (SSSR count). The van der Waals surface area contributed by atoms with Crippen molar-refractivity contribution in [1.29, 1.82) is 0 Å². The summed E-state index contributed by atoms with van der Waals surface area (Å²) in [6.45, 7) is 2.59. The Labute approximate surface area is 132 Å². The summed E-state index contributed by atoms with van der Waals surface area (Å²) in [5.74, 6) is -4.60. The van der Waals surface area contributed by atoms with Crippen LogP contribution in [0.2, 0.25) is 0 Å². The van der Waals surface area contributed by atoms with Gasteiger partial charge in [0.2, 0.25) is 0 Å². The summed E-state index contributed by atoms with van der Waals surface area (Å²) in [6, 6.07) is 5.58. The molecule has 0 heterocycles. The standard InChI is InChI=1S/C18H18F4O/c1-2-3-4-5-8-23-13-6-7-14(15(19)11-13)12-9-16(20)18(22)17(21)10-12/h6-7,9-11H,2-5,8H2,1H3. The molecule has 0 aromatic heterocycles. The summed E-state index contributed by atoms with van der Waals surface area (Å²) in [5.41, 5.74) is -0.0745. The van der Waals surface area contributed by atoms with Crippen LogP contribution in [0.3, 0.4) is 0 Å². The van der Waals surface area contributed by atoms with Crippen LogP contribution in [0, 0.1) is 23.3 Å². The zero-order valence-corrected chi connectivity index (χ0v) is 12.8. The Balaban J connectivity index is 2.10. The maximum absolute atomic E-state index is 14.1. The largest absolute Gasteiger partial charge is 0.493 e. The van der Waals surface area contributed by atoms with Gasteiger partial charge in [-0.15, -0.1) is 0 Å². The predicted molar refractivity (Wildman–Crippen MR) is 81.3 cm³/mol. The first-order chi connectivity index (χ1) is 11.0. The monoisotopic (exact) mass is 326 g/mol. The van der Waals surface area contributed by atoms with Gasteiger partial charge >= 0.3 is 0 Å². The molecule has 0 radical (unpaired) electrons. The zero-order chi connectivity index (χ0) is 16.8. The predicted octanol–water partition coefficient (Wildman–Crippen LogP) is 5.87. The Hall–Kier alpha value is -2.04. The van der Waals surface area contributed by atoms with Crippen molar-refractivity contribution in [2.45, 2.75) is 32.6 Å². The molecule has 0 bridgehead atoms. The summed E-state index contributed by atoms with van der Waals surface area (Å²) < 4.78 is 59.0. The lowest BCUT2D eigenvalue weighted by molar-refractivity contribution is 0.303. The van der Waals surface area contributed by atoms with Crippen molar-refractivity contribution in [2.24, 2.45) is 0 Å². The number of rotatable bonds is 7. The number of benzene rings is 2. The van der Waals surface area contributed by atoms with Gasteiger partial charge in [-0.3, -0.25) is 0 Å². The summed E-state index contributed by atoms with van der Waals surface area (Å²) >= 11 is 0. The second kappa shape index (κ2) is 7.99. The van der Waals surface area contributed by atoms with Crippen LogP contribution in [-0.4, -0.2) is 6.61 Å². The lowest BCUT2D eigenvalue weighted by Crippen LogP contribution is -1.98. The van der Waals surface area contributed by atoms with E-state index in [0.29, 0.717) is 12.4 Å².